The number of hydrogen-bond acceptors (Lipinski definition) is 3. The van der Waals surface area contributed by atoms with Gasteiger partial charge in [0.25, 0.3) is 0 Å². The molecular weight excluding hydrogens is 571 g/mol. The van der Waals surface area contributed by atoms with Crippen LogP contribution >= 0.6 is 0 Å². The fraction of sp³-hybridized carbons (Fsp3) is 0.125. The molecule has 0 fully saturated rings. The summed E-state index contributed by atoms with van der Waals surface area (Å²) < 4.78 is 2.20. The van der Waals surface area contributed by atoms with Gasteiger partial charge < -0.3 is 14.7 Å². The van der Waals surface area contributed by atoms with Gasteiger partial charge in [0.05, 0.1) is 16.7 Å². The van der Waals surface area contributed by atoms with Crippen molar-refractivity contribution < 1.29 is 31.0 Å². The first-order valence-electron chi connectivity index (χ1n) is 9.77. The molecule has 0 saturated carbocycles. The molecule has 3 aromatic heterocycles. The molecule has 0 bridgehead atoms. The number of benzene rings is 2. The minimum Gasteiger partial charge on any atom is -0.663 e. The SMILES string of the molecule is CC(C)n1c(-c2cccc3cc[n-]c23)nc2c(-c3cccc(C(=O)O)n3)cccc21.[Pt]. The van der Waals surface area contributed by atoms with E-state index in [1.54, 1.807) is 6.07 Å². The Hall–Kier alpha value is -3.24. The van der Waals surface area contributed by atoms with E-state index in [2.05, 4.69) is 28.4 Å². The van der Waals surface area contributed by atoms with Crippen molar-refractivity contribution >= 4 is 27.9 Å². The summed E-state index contributed by atoms with van der Waals surface area (Å²) in [7, 11) is 0. The normalized spacial score (nSPS) is 11.2. The van der Waals surface area contributed by atoms with Gasteiger partial charge in [-0.1, -0.05) is 42.5 Å². The van der Waals surface area contributed by atoms with E-state index in [0.717, 1.165) is 38.9 Å². The molecule has 0 amide bonds. The van der Waals surface area contributed by atoms with Crippen LogP contribution in [0.5, 0.6) is 0 Å². The molecule has 31 heavy (non-hydrogen) atoms. The molecule has 0 spiro atoms. The van der Waals surface area contributed by atoms with Crippen molar-refractivity contribution in [1.82, 2.24) is 19.5 Å². The number of fused-ring (bicyclic) bond motifs is 2. The first kappa shape index (κ1) is 21.0. The molecular formula is C24H19N4O2Pt-. The molecule has 0 atom stereocenters. The van der Waals surface area contributed by atoms with Crippen molar-refractivity contribution in [3.8, 4) is 22.6 Å². The molecule has 158 valence electrons. The summed E-state index contributed by atoms with van der Waals surface area (Å²) >= 11 is 0. The standard InChI is InChI=1S/C24H20N4O2.Pt/c1-14(2)28-20-11-4-7-16(18-9-5-10-19(26-18)24(29)30)22(20)27-23(28)17-8-3-6-15-12-13-25-21(15)17;/h3-14H,1-2H3,(H2,25,26,27,29,30);/p-1. The molecule has 0 unspecified atom stereocenters. The average molecular weight is 591 g/mol. The fourth-order valence-electron chi connectivity index (χ4n) is 3.95. The molecule has 0 aliphatic heterocycles. The number of para-hydroxylation sites is 2. The molecule has 5 aromatic rings. The van der Waals surface area contributed by atoms with Crippen molar-refractivity contribution in [3.63, 3.8) is 0 Å². The molecule has 7 heteroatoms. The number of aromatic carboxylic acids is 1. The number of rotatable bonds is 4. The van der Waals surface area contributed by atoms with Crippen LogP contribution in [0, 0.1) is 0 Å². The van der Waals surface area contributed by atoms with E-state index in [1.165, 1.54) is 6.07 Å². The zero-order valence-electron chi connectivity index (χ0n) is 16.9. The van der Waals surface area contributed by atoms with E-state index >= 15 is 0 Å². The molecule has 0 radical (unpaired) electrons. The first-order valence-corrected chi connectivity index (χ1v) is 9.77. The molecule has 1 N–H and O–H groups in total. The Bertz CT molecular complexity index is 1420. The van der Waals surface area contributed by atoms with E-state index in [4.69, 9.17) is 4.98 Å². The van der Waals surface area contributed by atoms with Gasteiger partial charge >= 0.3 is 5.97 Å². The van der Waals surface area contributed by atoms with Crippen LogP contribution in [0.1, 0.15) is 30.4 Å². The zero-order valence-corrected chi connectivity index (χ0v) is 19.2. The molecule has 0 saturated heterocycles. The molecule has 0 aliphatic carbocycles. The minimum atomic E-state index is -1.05. The number of imidazole rings is 1. The number of carboxylic acid groups (broad SMARTS) is 1. The Labute approximate surface area is 193 Å². The molecule has 0 aliphatic rings. The predicted octanol–water partition coefficient (Wildman–Crippen LogP) is 5.15. The summed E-state index contributed by atoms with van der Waals surface area (Å²) in [6.07, 6.45) is 1.81. The fourth-order valence-corrected chi connectivity index (χ4v) is 3.95. The Morgan fingerprint density at radius 3 is 2.48 bits per heavy atom. The van der Waals surface area contributed by atoms with Gasteiger partial charge in [-0.2, -0.15) is 6.20 Å². The van der Waals surface area contributed by atoms with Crippen LogP contribution in [-0.2, 0) is 21.1 Å². The van der Waals surface area contributed by atoms with Gasteiger partial charge in [0.1, 0.15) is 11.5 Å². The monoisotopic (exact) mass is 590 g/mol. The van der Waals surface area contributed by atoms with Crippen LogP contribution in [0.25, 0.3) is 44.6 Å². The Balaban J connectivity index is 0.00000231. The van der Waals surface area contributed by atoms with Crippen LogP contribution < -0.4 is 4.98 Å². The summed E-state index contributed by atoms with van der Waals surface area (Å²) in [4.78, 5) is 25.3. The first-order chi connectivity index (χ1) is 14.5. The van der Waals surface area contributed by atoms with E-state index in [1.807, 2.05) is 54.7 Å². The summed E-state index contributed by atoms with van der Waals surface area (Å²) in [6.45, 7) is 4.25. The Morgan fingerprint density at radius 1 is 0.968 bits per heavy atom. The third kappa shape index (κ3) is 3.47. The quantitative estimate of drug-likeness (QED) is 0.313. The van der Waals surface area contributed by atoms with E-state index < -0.39 is 5.97 Å². The third-order valence-corrected chi connectivity index (χ3v) is 5.25. The van der Waals surface area contributed by atoms with Crippen LogP contribution in [0.15, 0.2) is 66.9 Å². The molecule has 2 aromatic carbocycles. The Morgan fingerprint density at radius 2 is 1.71 bits per heavy atom. The van der Waals surface area contributed by atoms with Crippen molar-refractivity contribution in [3.05, 3.63) is 72.6 Å². The van der Waals surface area contributed by atoms with Crippen LogP contribution in [0.4, 0.5) is 0 Å². The molecule has 5 rings (SSSR count). The number of nitrogens with zero attached hydrogens (tertiary/aromatic N) is 4. The third-order valence-electron chi connectivity index (χ3n) is 5.25. The number of aromatic nitrogens is 4. The maximum Gasteiger partial charge on any atom is 0.354 e. The summed E-state index contributed by atoms with van der Waals surface area (Å²) in [5.74, 6) is -0.211. The van der Waals surface area contributed by atoms with Gasteiger partial charge in [-0.05, 0) is 37.4 Å². The predicted molar refractivity (Wildman–Crippen MR) is 117 cm³/mol. The maximum atomic E-state index is 11.4. The van der Waals surface area contributed by atoms with Gasteiger partial charge in [0, 0.05) is 38.2 Å². The smallest absolute Gasteiger partial charge is 0.354 e. The van der Waals surface area contributed by atoms with E-state index in [9.17, 15) is 9.90 Å². The largest absolute Gasteiger partial charge is 0.663 e. The zero-order chi connectivity index (χ0) is 20.8. The second-order valence-electron chi connectivity index (χ2n) is 7.47. The molecule has 3 heterocycles. The average Bonchev–Trinajstić information content (AvgIpc) is 3.38. The Kier molecular flexibility index (Phi) is 5.50. The van der Waals surface area contributed by atoms with E-state index in [-0.39, 0.29) is 32.8 Å². The maximum absolute atomic E-state index is 11.4. The van der Waals surface area contributed by atoms with Crippen LogP contribution in [-0.4, -0.2) is 25.6 Å². The van der Waals surface area contributed by atoms with Crippen molar-refractivity contribution in [2.24, 2.45) is 0 Å². The number of hydrogen-bond donors (Lipinski definition) is 1. The number of pyridine rings is 1. The van der Waals surface area contributed by atoms with Gasteiger partial charge in [0.2, 0.25) is 0 Å². The van der Waals surface area contributed by atoms with Crippen LogP contribution in [0.2, 0.25) is 0 Å². The van der Waals surface area contributed by atoms with Gasteiger partial charge in [0.15, 0.2) is 0 Å². The van der Waals surface area contributed by atoms with Crippen molar-refractivity contribution in [1.29, 1.82) is 0 Å². The van der Waals surface area contributed by atoms with E-state index in [0.29, 0.717) is 5.69 Å². The minimum absolute atomic E-state index is 0. The van der Waals surface area contributed by atoms with Crippen molar-refractivity contribution in [2.45, 2.75) is 19.9 Å². The van der Waals surface area contributed by atoms with Crippen molar-refractivity contribution in [2.75, 3.05) is 0 Å². The van der Waals surface area contributed by atoms with Gasteiger partial charge in [-0.3, -0.25) is 0 Å². The molecule has 6 nitrogen and oxygen atoms in total. The van der Waals surface area contributed by atoms with Crippen LogP contribution in [0.3, 0.4) is 0 Å². The summed E-state index contributed by atoms with van der Waals surface area (Å²) in [6, 6.07) is 19.2. The van der Waals surface area contributed by atoms with Gasteiger partial charge in [-0.25, -0.2) is 14.8 Å². The summed E-state index contributed by atoms with van der Waals surface area (Å²) in [5, 5.41) is 10.4. The summed E-state index contributed by atoms with van der Waals surface area (Å²) in [5.41, 5.74) is 5.06. The second-order valence-corrected chi connectivity index (χ2v) is 7.47. The number of carboxylic acids is 1. The topological polar surface area (TPSA) is 82.1 Å². The second kappa shape index (κ2) is 8.12. The number of carbonyl (C=O) groups is 1. The van der Waals surface area contributed by atoms with Gasteiger partial charge in [-0.15, -0.1) is 5.52 Å².